The Labute approximate surface area is 74.0 Å². The molecule has 0 saturated carbocycles. The third kappa shape index (κ3) is 1.37. The van der Waals surface area contributed by atoms with E-state index in [1.807, 2.05) is 6.07 Å². The van der Waals surface area contributed by atoms with Gasteiger partial charge in [-0.25, -0.2) is 0 Å². The fourth-order valence-corrected chi connectivity index (χ4v) is 1.95. The second-order valence-corrected chi connectivity index (χ2v) is 3.48. The molecule has 0 spiro atoms. The molecular formula is C11H14N. The molecule has 1 atom stereocenters. The molecule has 0 bridgehead atoms. The van der Waals surface area contributed by atoms with E-state index in [1.54, 1.807) is 0 Å². The van der Waals surface area contributed by atoms with E-state index in [1.165, 1.54) is 24.9 Å². The van der Waals surface area contributed by atoms with E-state index in [-0.39, 0.29) is 0 Å². The van der Waals surface area contributed by atoms with Gasteiger partial charge in [0, 0.05) is 6.04 Å². The fraction of sp³-hybridized carbons (Fsp3) is 0.455. The van der Waals surface area contributed by atoms with Gasteiger partial charge in [-0.2, -0.15) is 0 Å². The monoisotopic (exact) mass is 160 g/mol. The second kappa shape index (κ2) is 3.28. The third-order valence-electron chi connectivity index (χ3n) is 2.64. The molecule has 0 aromatic heterocycles. The summed E-state index contributed by atoms with van der Waals surface area (Å²) in [6, 6.07) is 12.1. The lowest BCUT2D eigenvalue weighted by molar-refractivity contribution is 0.317. The summed E-state index contributed by atoms with van der Waals surface area (Å²) in [4.78, 5) is 2.42. The Morgan fingerprint density at radius 1 is 1.58 bits per heavy atom. The predicted molar refractivity (Wildman–Crippen MR) is 49.9 cm³/mol. The Bertz CT molecular complexity index is 242. The average Bonchev–Trinajstić information content (AvgIpc) is 2.53. The maximum Gasteiger partial charge on any atom is 0.0345 e. The van der Waals surface area contributed by atoms with Gasteiger partial charge in [-0.3, -0.25) is 4.90 Å². The SMILES string of the molecule is CN1CCCC1c1c[c]ccc1. The number of hydrogen-bond donors (Lipinski definition) is 0. The molecule has 1 aliphatic rings. The largest absolute Gasteiger partial charge is 0.299 e. The second-order valence-electron chi connectivity index (χ2n) is 3.48. The summed E-state index contributed by atoms with van der Waals surface area (Å²) in [6.45, 7) is 1.24. The first-order chi connectivity index (χ1) is 5.88. The lowest BCUT2D eigenvalue weighted by atomic mass is 10.1. The molecule has 1 radical (unpaired) electrons. The Morgan fingerprint density at radius 2 is 2.50 bits per heavy atom. The maximum absolute atomic E-state index is 3.13. The molecule has 1 unspecified atom stereocenters. The van der Waals surface area contributed by atoms with Crippen molar-refractivity contribution in [2.45, 2.75) is 18.9 Å². The molecule has 2 rings (SSSR count). The number of hydrogen-bond acceptors (Lipinski definition) is 1. The highest BCUT2D eigenvalue weighted by Crippen LogP contribution is 2.29. The number of benzene rings is 1. The van der Waals surface area contributed by atoms with Gasteiger partial charge in [0.1, 0.15) is 0 Å². The normalized spacial score (nSPS) is 24.6. The van der Waals surface area contributed by atoms with E-state index in [2.05, 4.69) is 36.2 Å². The first kappa shape index (κ1) is 7.81. The standard InChI is InChI=1S/C11H14N/c1-12-9-5-8-11(12)10-6-3-2-4-7-10/h2-3,6-7,11H,5,8-9H2,1H3. The predicted octanol–water partition coefficient (Wildman–Crippen LogP) is 2.25. The molecule has 1 heterocycles. The minimum atomic E-state index is 0.641. The Hall–Kier alpha value is -0.820. The molecular weight excluding hydrogens is 146 g/mol. The van der Waals surface area contributed by atoms with Gasteiger partial charge in [-0.15, -0.1) is 0 Å². The van der Waals surface area contributed by atoms with Gasteiger partial charge in [0.2, 0.25) is 0 Å². The Morgan fingerprint density at radius 3 is 3.08 bits per heavy atom. The molecule has 1 aromatic carbocycles. The van der Waals surface area contributed by atoms with Crippen LogP contribution in [0.1, 0.15) is 24.4 Å². The topological polar surface area (TPSA) is 3.24 Å². The van der Waals surface area contributed by atoms with Crippen molar-refractivity contribution in [3.63, 3.8) is 0 Å². The van der Waals surface area contributed by atoms with Gasteiger partial charge in [0.15, 0.2) is 0 Å². The van der Waals surface area contributed by atoms with Crippen LogP contribution in [0.5, 0.6) is 0 Å². The van der Waals surface area contributed by atoms with Crippen LogP contribution >= 0.6 is 0 Å². The summed E-state index contributed by atoms with van der Waals surface area (Å²) in [5.41, 5.74) is 1.41. The van der Waals surface area contributed by atoms with E-state index in [0.717, 1.165) is 0 Å². The minimum Gasteiger partial charge on any atom is -0.299 e. The molecule has 0 aliphatic carbocycles. The summed E-state index contributed by atoms with van der Waals surface area (Å²) in [6.07, 6.45) is 2.63. The van der Waals surface area contributed by atoms with Crippen LogP contribution < -0.4 is 0 Å². The Kier molecular flexibility index (Phi) is 2.13. The van der Waals surface area contributed by atoms with Gasteiger partial charge in [-0.1, -0.05) is 18.2 Å². The molecule has 1 fully saturated rings. The van der Waals surface area contributed by atoms with Gasteiger partial charge in [0.25, 0.3) is 0 Å². The molecule has 0 N–H and O–H groups in total. The highest BCUT2D eigenvalue weighted by atomic mass is 15.1. The van der Waals surface area contributed by atoms with E-state index in [9.17, 15) is 0 Å². The quantitative estimate of drug-likeness (QED) is 0.609. The molecule has 1 aromatic rings. The van der Waals surface area contributed by atoms with Crippen LogP contribution in [0.4, 0.5) is 0 Å². The van der Waals surface area contributed by atoms with Crippen LogP contribution in [0.15, 0.2) is 24.3 Å². The van der Waals surface area contributed by atoms with E-state index in [4.69, 9.17) is 0 Å². The van der Waals surface area contributed by atoms with Gasteiger partial charge < -0.3 is 0 Å². The van der Waals surface area contributed by atoms with Crippen molar-refractivity contribution in [3.05, 3.63) is 35.9 Å². The molecule has 12 heavy (non-hydrogen) atoms. The van der Waals surface area contributed by atoms with Crippen molar-refractivity contribution in [3.8, 4) is 0 Å². The Balaban J connectivity index is 2.19. The highest BCUT2D eigenvalue weighted by Gasteiger charge is 2.21. The minimum absolute atomic E-state index is 0.641. The zero-order valence-electron chi connectivity index (χ0n) is 7.46. The van der Waals surface area contributed by atoms with Gasteiger partial charge in [-0.05, 0) is 44.1 Å². The molecule has 63 valence electrons. The third-order valence-corrected chi connectivity index (χ3v) is 2.64. The summed E-state index contributed by atoms with van der Waals surface area (Å²) >= 11 is 0. The van der Waals surface area contributed by atoms with Crippen molar-refractivity contribution in [2.24, 2.45) is 0 Å². The number of nitrogens with zero attached hydrogens (tertiary/aromatic N) is 1. The van der Waals surface area contributed by atoms with Crippen LogP contribution in [0, 0.1) is 6.07 Å². The van der Waals surface area contributed by atoms with Crippen LogP contribution in [0.25, 0.3) is 0 Å². The summed E-state index contributed by atoms with van der Waals surface area (Å²) < 4.78 is 0. The van der Waals surface area contributed by atoms with E-state index < -0.39 is 0 Å². The molecule has 1 heteroatoms. The van der Waals surface area contributed by atoms with Crippen molar-refractivity contribution in [2.75, 3.05) is 13.6 Å². The van der Waals surface area contributed by atoms with Crippen molar-refractivity contribution in [1.29, 1.82) is 0 Å². The van der Waals surface area contributed by atoms with Gasteiger partial charge >= 0.3 is 0 Å². The summed E-state index contributed by atoms with van der Waals surface area (Å²) in [5.74, 6) is 0. The first-order valence-electron chi connectivity index (χ1n) is 4.54. The summed E-state index contributed by atoms with van der Waals surface area (Å²) in [7, 11) is 2.20. The smallest absolute Gasteiger partial charge is 0.0345 e. The van der Waals surface area contributed by atoms with Crippen molar-refractivity contribution in [1.82, 2.24) is 4.90 Å². The molecule has 1 saturated heterocycles. The van der Waals surface area contributed by atoms with Crippen LogP contribution in [0.3, 0.4) is 0 Å². The fourth-order valence-electron chi connectivity index (χ4n) is 1.95. The zero-order valence-corrected chi connectivity index (χ0v) is 7.46. The van der Waals surface area contributed by atoms with Crippen LogP contribution in [-0.2, 0) is 0 Å². The van der Waals surface area contributed by atoms with Crippen molar-refractivity contribution < 1.29 is 0 Å². The van der Waals surface area contributed by atoms with E-state index in [0.29, 0.717) is 6.04 Å². The molecule has 1 nitrogen and oxygen atoms in total. The van der Waals surface area contributed by atoms with Crippen molar-refractivity contribution >= 4 is 0 Å². The zero-order chi connectivity index (χ0) is 8.39. The lowest BCUT2D eigenvalue weighted by Crippen LogP contribution is -2.17. The number of likely N-dealkylation sites (tertiary alicyclic amines) is 1. The molecule has 1 aliphatic heterocycles. The molecule has 0 amide bonds. The average molecular weight is 160 g/mol. The number of rotatable bonds is 1. The highest BCUT2D eigenvalue weighted by molar-refractivity contribution is 5.18. The maximum atomic E-state index is 3.13. The van der Waals surface area contributed by atoms with Crippen LogP contribution in [0.2, 0.25) is 0 Å². The van der Waals surface area contributed by atoms with Crippen LogP contribution in [-0.4, -0.2) is 18.5 Å². The summed E-state index contributed by atoms with van der Waals surface area (Å²) in [5, 5.41) is 0. The first-order valence-corrected chi connectivity index (χ1v) is 4.54. The lowest BCUT2D eigenvalue weighted by Gasteiger charge is -2.19. The van der Waals surface area contributed by atoms with Gasteiger partial charge in [0.05, 0.1) is 0 Å². The van der Waals surface area contributed by atoms with E-state index >= 15 is 0 Å².